The summed E-state index contributed by atoms with van der Waals surface area (Å²) in [4.78, 5) is 13.6. The van der Waals surface area contributed by atoms with E-state index in [9.17, 15) is 4.79 Å². The van der Waals surface area contributed by atoms with Crippen LogP contribution in [0.2, 0.25) is 0 Å². The first-order valence-electron chi connectivity index (χ1n) is 7.69. The lowest BCUT2D eigenvalue weighted by molar-refractivity contribution is -0.131. The van der Waals surface area contributed by atoms with Gasteiger partial charge in [-0.2, -0.15) is 0 Å². The van der Waals surface area contributed by atoms with E-state index in [0.717, 1.165) is 25.9 Å². The summed E-state index contributed by atoms with van der Waals surface area (Å²) in [5.41, 5.74) is 5.98. The molecule has 0 saturated carbocycles. The number of nitrogens with zero attached hydrogens (tertiary/aromatic N) is 1. The van der Waals surface area contributed by atoms with E-state index in [-0.39, 0.29) is 18.1 Å². The van der Waals surface area contributed by atoms with Gasteiger partial charge in [0, 0.05) is 26.2 Å². The van der Waals surface area contributed by atoms with Gasteiger partial charge in [0.1, 0.15) is 0 Å². The maximum atomic E-state index is 11.9. The second kappa shape index (κ2) is 9.32. The van der Waals surface area contributed by atoms with Crippen LogP contribution in [0.3, 0.4) is 0 Å². The van der Waals surface area contributed by atoms with Crippen molar-refractivity contribution < 1.29 is 14.3 Å². The Balaban J connectivity index is 2.05. The van der Waals surface area contributed by atoms with Gasteiger partial charge in [-0.3, -0.25) is 4.79 Å². The van der Waals surface area contributed by atoms with Crippen molar-refractivity contribution in [3.05, 3.63) is 0 Å². The number of amides is 1. The number of nitrogens with two attached hydrogens (primary N) is 1. The first-order valence-corrected chi connectivity index (χ1v) is 7.69. The van der Waals surface area contributed by atoms with Gasteiger partial charge in [-0.05, 0) is 25.2 Å². The average Bonchev–Trinajstić information content (AvgIpc) is 2.93. The zero-order valence-electron chi connectivity index (χ0n) is 13.1. The molecule has 2 unspecified atom stereocenters. The molecule has 2 atom stereocenters. The lowest BCUT2D eigenvalue weighted by atomic mass is 10.0. The molecule has 0 aromatic carbocycles. The smallest absolute Gasteiger partial charge is 0.224 e. The quantitative estimate of drug-likeness (QED) is 0.651. The van der Waals surface area contributed by atoms with Crippen molar-refractivity contribution >= 4 is 5.91 Å². The summed E-state index contributed by atoms with van der Waals surface area (Å²) in [5.74, 6) is 0.571. The first-order chi connectivity index (χ1) is 9.50. The molecule has 1 rings (SSSR count). The molecule has 0 spiro atoms. The minimum Gasteiger partial charge on any atom is -0.378 e. The monoisotopic (exact) mass is 286 g/mol. The van der Waals surface area contributed by atoms with Gasteiger partial charge in [0.25, 0.3) is 0 Å². The Bertz CT molecular complexity index is 278. The molecule has 2 N–H and O–H groups in total. The van der Waals surface area contributed by atoms with Crippen LogP contribution in [0.4, 0.5) is 0 Å². The number of carbonyl (C=O) groups excluding carboxylic acids is 1. The van der Waals surface area contributed by atoms with Crippen LogP contribution in [0, 0.1) is 5.92 Å². The van der Waals surface area contributed by atoms with Crippen LogP contribution in [0.25, 0.3) is 0 Å². The number of hydrogen-bond donors (Lipinski definition) is 1. The molecule has 1 heterocycles. The Kier molecular flexibility index (Phi) is 8.11. The number of ether oxygens (including phenoxy) is 2. The third-order valence-electron chi connectivity index (χ3n) is 3.87. The standard InChI is InChI=1S/C15H30N2O3/c1-12(2)14(16)6-8-17(3)15(18)7-10-19-11-13-5-4-9-20-13/h12-14H,4-11,16H2,1-3H3. The molecule has 118 valence electrons. The van der Waals surface area contributed by atoms with E-state index in [4.69, 9.17) is 15.2 Å². The lowest BCUT2D eigenvalue weighted by Crippen LogP contribution is -2.35. The number of hydrogen-bond acceptors (Lipinski definition) is 4. The van der Waals surface area contributed by atoms with Crippen LogP contribution in [-0.4, -0.2) is 56.4 Å². The van der Waals surface area contributed by atoms with Crippen molar-refractivity contribution in [1.29, 1.82) is 0 Å². The largest absolute Gasteiger partial charge is 0.378 e. The maximum Gasteiger partial charge on any atom is 0.224 e. The predicted octanol–water partition coefficient (Wildman–Crippen LogP) is 1.40. The van der Waals surface area contributed by atoms with Crippen LogP contribution < -0.4 is 5.73 Å². The summed E-state index contributed by atoms with van der Waals surface area (Å²) >= 11 is 0. The first kappa shape index (κ1) is 17.4. The molecule has 20 heavy (non-hydrogen) atoms. The van der Waals surface area contributed by atoms with E-state index in [1.54, 1.807) is 4.90 Å². The third kappa shape index (κ3) is 6.68. The van der Waals surface area contributed by atoms with Gasteiger partial charge < -0.3 is 20.1 Å². The van der Waals surface area contributed by atoms with Crippen molar-refractivity contribution in [3.63, 3.8) is 0 Å². The molecule has 1 fully saturated rings. The number of carbonyl (C=O) groups is 1. The third-order valence-corrected chi connectivity index (χ3v) is 3.87. The summed E-state index contributed by atoms with van der Waals surface area (Å²) < 4.78 is 11.0. The highest BCUT2D eigenvalue weighted by molar-refractivity contribution is 5.75. The molecule has 1 aliphatic heterocycles. The van der Waals surface area contributed by atoms with Crippen LogP contribution >= 0.6 is 0 Å². The summed E-state index contributed by atoms with van der Waals surface area (Å²) in [6.45, 7) is 6.83. The molecule has 1 saturated heterocycles. The molecule has 0 radical (unpaired) electrons. The predicted molar refractivity (Wildman–Crippen MR) is 79.5 cm³/mol. The topological polar surface area (TPSA) is 64.8 Å². The molecule has 5 heteroatoms. The van der Waals surface area contributed by atoms with Crippen LogP contribution in [0.1, 0.15) is 39.5 Å². The fourth-order valence-corrected chi connectivity index (χ4v) is 2.14. The van der Waals surface area contributed by atoms with Crippen molar-refractivity contribution in [1.82, 2.24) is 4.90 Å². The minimum absolute atomic E-state index is 0.119. The zero-order chi connectivity index (χ0) is 15.0. The van der Waals surface area contributed by atoms with Gasteiger partial charge in [0.05, 0.1) is 25.7 Å². The Morgan fingerprint density at radius 3 is 2.85 bits per heavy atom. The molecular formula is C15H30N2O3. The van der Waals surface area contributed by atoms with Gasteiger partial charge in [0.15, 0.2) is 0 Å². The van der Waals surface area contributed by atoms with Crippen LogP contribution in [0.5, 0.6) is 0 Å². The fraction of sp³-hybridized carbons (Fsp3) is 0.933. The van der Waals surface area contributed by atoms with Gasteiger partial charge in [-0.15, -0.1) is 0 Å². The Morgan fingerprint density at radius 1 is 1.50 bits per heavy atom. The molecule has 0 aliphatic carbocycles. The van der Waals surface area contributed by atoms with E-state index in [2.05, 4.69) is 13.8 Å². The zero-order valence-corrected chi connectivity index (χ0v) is 13.1. The Morgan fingerprint density at radius 2 is 2.25 bits per heavy atom. The minimum atomic E-state index is 0.119. The highest BCUT2D eigenvalue weighted by atomic mass is 16.5. The molecule has 1 aliphatic rings. The summed E-state index contributed by atoms with van der Waals surface area (Å²) in [5, 5.41) is 0. The Labute approximate surface area is 122 Å². The Hall–Kier alpha value is -0.650. The summed E-state index contributed by atoms with van der Waals surface area (Å²) in [6, 6.07) is 0.154. The SMILES string of the molecule is CC(C)C(N)CCN(C)C(=O)CCOCC1CCCO1. The maximum absolute atomic E-state index is 11.9. The lowest BCUT2D eigenvalue weighted by Gasteiger charge is -2.21. The van der Waals surface area contributed by atoms with Crippen molar-refractivity contribution in [2.75, 3.05) is 33.4 Å². The van der Waals surface area contributed by atoms with Crippen molar-refractivity contribution in [2.24, 2.45) is 11.7 Å². The molecule has 0 aromatic rings. The van der Waals surface area contributed by atoms with E-state index >= 15 is 0 Å². The van der Waals surface area contributed by atoms with Crippen LogP contribution in [-0.2, 0) is 14.3 Å². The van der Waals surface area contributed by atoms with E-state index in [1.165, 1.54) is 0 Å². The molecule has 5 nitrogen and oxygen atoms in total. The second-order valence-corrected chi connectivity index (χ2v) is 5.97. The molecular weight excluding hydrogens is 256 g/mol. The van der Waals surface area contributed by atoms with E-state index in [0.29, 0.717) is 32.1 Å². The summed E-state index contributed by atoms with van der Waals surface area (Å²) in [7, 11) is 1.83. The van der Waals surface area contributed by atoms with Gasteiger partial charge in [-0.25, -0.2) is 0 Å². The molecule has 0 aromatic heterocycles. The van der Waals surface area contributed by atoms with Crippen molar-refractivity contribution in [2.45, 2.75) is 51.7 Å². The molecule has 0 bridgehead atoms. The highest BCUT2D eigenvalue weighted by Crippen LogP contribution is 2.12. The second-order valence-electron chi connectivity index (χ2n) is 5.97. The summed E-state index contributed by atoms with van der Waals surface area (Å²) in [6.07, 6.45) is 3.69. The van der Waals surface area contributed by atoms with Crippen molar-refractivity contribution in [3.8, 4) is 0 Å². The highest BCUT2D eigenvalue weighted by Gasteiger charge is 2.16. The van der Waals surface area contributed by atoms with Gasteiger partial charge >= 0.3 is 0 Å². The van der Waals surface area contributed by atoms with Crippen LogP contribution in [0.15, 0.2) is 0 Å². The normalized spacial score (nSPS) is 20.4. The van der Waals surface area contributed by atoms with Gasteiger partial charge in [-0.1, -0.05) is 13.8 Å². The average molecular weight is 286 g/mol. The molecule has 1 amide bonds. The van der Waals surface area contributed by atoms with E-state index < -0.39 is 0 Å². The van der Waals surface area contributed by atoms with Gasteiger partial charge in [0.2, 0.25) is 5.91 Å². The number of rotatable bonds is 9. The van der Waals surface area contributed by atoms with E-state index in [1.807, 2.05) is 7.05 Å². The fourth-order valence-electron chi connectivity index (χ4n) is 2.14.